The zero-order chi connectivity index (χ0) is 18.5. The van der Waals surface area contributed by atoms with Gasteiger partial charge in [0.05, 0.1) is 6.54 Å². The molecule has 0 amide bonds. The molecule has 7 heteroatoms. The van der Waals surface area contributed by atoms with Gasteiger partial charge in [0, 0.05) is 38.9 Å². The molecule has 1 aromatic heterocycles. The van der Waals surface area contributed by atoms with Crippen molar-refractivity contribution < 1.29 is 0 Å². The van der Waals surface area contributed by atoms with E-state index in [1.165, 1.54) is 17.7 Å². The Morgan fingerprint density at radius 2 is 2.00 bits per heavy atom. The summed E-state index contributed by atoms with van der Waals surface area (Å²) in [5.74, 6) is 2.61. The van der Waals surface area contributed by atoms with Crippen molar-refractivity contribution in [3.63, 3.8) is 0 Å². The Labute approximate surface area is 155 Å². The number of aromatic nitrogens is 3. The zero-order valence-corrected chi connectivity index (χ0v) is 16.2. The first kappa shape index (κ1) is 18.2. The minimum Gasteiger partial charge on any atom is -0.369 e. The van der Waals surface area contributed by atoms with E-state index >= 15 is 0 Å². The van der Waals surface area contributed by atoms with Gasteiger partial charge in [-0.2, -0.15) is 0 Å². The van der Waals surface area contributed by atoms with E-state index in [0.29, 0.717) is 12.6 Å². The van der Waals surface area contributed by atoms with Gasteiger partial charge in [-0.05, 0) is 38.8 Å². The molecule has 2 aromatic rings. The summed E-state index contributed by atoms with van der Waals surface area (Å²) in [6, 6.07) is 9.14. The van der Waals surface area contributed by atoms with Crippen molar-refractivity contribution in [2.45, 2.75) is 39.3 Å². The highest BCUT2D eigenvalue weighted by molar-refractivity contribution is 5.80. The van der Waals surface area contributed by atoms with Crippen LogP contribution in [0.1, 0.15) is 30.1 Å². The highest BCUT2D eigenvalue weighted by atomic mass is 15.3. The minimum absolute atomic E-state index is 0.373. The molecule has 1 saturated heterocycles. The summed E-state index contributed by atoms with van der Waals surface area (Å²) in [7, 11) is 3.78. The molecule has 1 fully saturated rings. The van der Waals surface area contributed by atoms with Crippen LogP contribution in [0.2, 0.25) is 0 Å². The molecule has 0 radical (unpaired) electrons. The van der Waals surface area contributed by atoms with Crippen molar-refractivity contribution in [3.8, 4) is 0 Å². The maximum Gasteiger partial charge on any atom is 0.191 e. The molecule has 1 aromatic carbocycles. The van der Waals surface area contributed by atoms with Crippen molar-refractivity contribution >= 4 is 11.6 Å². The van der Waals surface area contributed by atoms with Crippen LogP contribution < -0.4 is 15.5 Å². The number of hydrogen-bond donors (Lipinski definition) is 2. The lowest BCUT2D eigenvalue weighted by atomic mass is 10.0. The Morgan fingerprint density at radius 3 is 2.65 bits per heavy atom. The van der Waals surface area contributed by atoms with E-state index in [-0.39, 0.29) is 0 Å². The molecule has 1 aliphatic heterocycles. The second kappa shape index (κ2) is 8.21. The summed E-state index contributed by atoms with van der Waals surface area (Å²) in [5.41, 5.74) is 2.59. The van der Waals surface area contributed by atoms with Crippen molar-refractivity contribution in [3.05, 3.63) is 41.5 Å². The molecular weight excluding hydrogens is 326 g/mol. The maximum atomic E-state index is 4.36. The van der Waals surface area contributed by atoms with Gasteiger partial charge in [0.15, 0.2) is 11.8 Å². The summed E-state index contributed by atoms with van der Waals surface area (Å²) >= 11 is 0. The number of guanidine groups is 1. The van der Waals surface area contributed by atoms with Gasteiger partial charge < -0.3 is 20.1 Å². The van der Waals surface area contributed by atoms with Gasteiger partial charge in [-0.1, -0.05) is 17.7 Å². The second-order valence-electron chi connectivity index (χ2n) is 6.91. The monoisotopic (exact) mass is 355 g/mol. The lowest BCUT2D eigenvalue weighted by molar-refractivity contribution is 0.467. The largest absolute Gasteiger partial charge is 0.369 e. The van der Waals surface area contributed by atoms with Crippen LogP contribution in [0.4, 0.5) is 5.69 Å². The van der Waals surface area contributed by atoms with Gasteiger partial charge in [-0.3, -0.25) is 4.99 Å². The molecule has 1 aliphatic rings. The molecule has 140 valence electrons. The van der Waals surface area contributed by atoms with Crippen LogP contribution in [0.3, 0.4) is 0 Å². The average Bonchev–Trinajstić information content (AvgIpc) is 2.98. The van der Waals surface area contributed by atoms with Gasteiger partial charge >= 0.3 is 0 Å². The lowest BCUT2D eigenvalue weighted by Crippen LogP contribution is -2.51. The molecule has 1 unspecified atom stereocenters. The Hall–Kier alpha value is -2.57. The topological polar surface area (TPSA) is 70.4 Å². The van der Waals surface area contributed by atoms with Gasteiger partial charge in [0.1, 0.15) is 5.82 Å². The zero-order valence-electron chi connectivity index (χ0n) is 16.2. The third kappa shape index (κ3) is 4.33. The van der Waals surface area contributed by atoms with Crippen LogP contribution >= 0.6 is 0 Å². The fourth-order valence-corrected chi connectivity index (χ4v) is 3.24. The van der Waals surface area contributed by atoms with E-state index in [1.807, 2.05) is 18.5 Å². The molecular formula is C19H29N7. The molecule has 0 spiro atoms. The summed E-state index contributed by atoms with van der Waals surface area (Å²) in [4.78, 5) is 6.81. The third-order valence-corrected chi connectivity index (χ3v) is 4.98. The predicted molar refractivity (Wildman–Crippen MR) is 105 cm³/mol. The quantitative estimate of drug-likeness (QED) is 0.646. The first-order chi connectivity index (χ1) is 12.6. The number of nitrogens with zero attached hydrogens (tertiary/aromatic N) is 5. The van der Waals surface area contributed by atoms with Crippen LogP contribution in [0, 0.1) is 13.8 Å². The number of aryl methyl sites for hydroxylation is 2. The highest BCUT2D eigenvalue weighted by Crippen LogP contribution is 2.20. The standard InChI is InChI=1S/C19H29N7/c1-14-7-9-17(10-8-14)26-11-5-6-16(13-26)22-19(20-3)21-12-18-24-23-15(2)25(18)4/h7-10,16H,5-6,11-13H2,1-4H3,(H2,20,21,22). The lowest BCUT2D eigenvalue weighted by Gasteiger charge is -2.35. The smallest absolute Gasteiger partial charge is 0.191 e. The van der Waals surface area contributed by atoms with Crippen molar-refractivity contribution in [1.82, 2.24) is 25.4 Å². The molecule has 0 saturated carbocycles. The molecule has 0 aliphatic carbocycles. The summed E-state index contributed by atoms with van der Waals surface area (Å²) in [6.45, 7) is 6.76. The first-order valence-electron chi connectivity index (χ1n) is 9.20. The number of piperidine rings is 1. The molecule has 1 atom stereocenters. The molecule has 2 heterocycles. The molecule has 2 N–H and O–H groups in total. The predicted octanol–water partition coefficient (Wildman–Crippen LogP) is 1.77. The Balaban J connectivity index is 1.56. The number of aliphatic imine (C=N–C) groups is 1. The van der Waals surface area contributed by atoms with Crippen LogP contribution in [-0.4, -0.2) is 46.9 Å². The van der Waals surface area contributed by atoms with Crippen LogP contribution in [-0.2, 0) is 13.6 Å². The van der Waals surface area contributed by atoms with Crippen molar-refractivity contribution in [2.24, 2.45) is 12.0 Å². The van der Waals surface area contributed by atoms with E-state index in [1.54, 1.807) is 7.05 Å². The minimum atomic E-state index is 0.373. The van der Waals surface area contributed by atoms with Crippen LogP contribution in [0.25, 0.3) is 0 Å². The second-order valence-corrected chi connectivity index (χ2v) is 6.91. The number of nitrogens with one attached hydrogen (secondary N) is 2. The van der Waals surface area contributed by atoms with E-state index in [9.17, 15) is 0 Å². The van der Waals surface area contributed by atoms with E-state index < -0.39 is 0 Å². The van der Waals surface area contributed by atoms with Crippen LogP contribution in [0.15, 0.2) is 29.3 Å². The number of hydrogen-bond acceptors (Lipinski definition) is 4. The Bertz CT molecular complexity index is 748. The van der Waals surface area contributed by atoms with Crippen molar-refractivity contribution in [2.75, 3.05) is 25.0 Å². The third-order valence-electron chi connectivity index (χ3n) is 4.98. The number of anilines is 1. The molecule has 3 rings (SSSR count). The van der Waals surface area contributed by atoms with E-state index in [2.05, 4.69) is 61.9 Å². The average molecular weight is 355 g/mol. The maximum absolute atomic E-state index is 4.36. The summed E-state index contributed by atoms with van der Waals surface area (Å²) in [6.07, 6.45) is 2.32. The molecule has 0 bridgehead atoms. The Morgan fingerprint density at radius 1 is 1.23 bits per heavy atom. The first-order valence-corrected chi connectivity index (χ1v) is 9.20. The highest BCUT2D eigenvalue weighted by Gasteiger charge is 2.21. The normalized spacial score (nSPS) is 18.1. The molecule has 7 nitrogen and oxygen atoms in total. The van der Waals surface area contributed by atoms with E-state index in [4.69, 9.17) is 0 Å². The van der Waals surface area contributed by atoms with Gasteiger partial charge in [-0.15, -0.1) is 10.2 Å². The molecule has 26 heavy (non-hydrogen) atoms. The van der Waals surface area contributed by atoms with Gasteiger partial charge in [-0.25, -0.2) is 0 Å². The number of rotatable bonds is 4. The summed E-state index contributed by atoms with van der Waals surface area (Å²) < 4.78 is 1.99. The van der Waals surface area contributed by atoms with Crippen molar-refractivity contribution in [1.29, 1.82) is 0 Å². The Kier molecular flexibility index (Phi) is 5.75. The fourth-order valence-electron chi connectivity index (χ4n) is 3.24. The SMILES string of the molecule is CN=C(NCc1nnc(C)n1C)NC1CCCN(c2ccc(C)cc2)C1. The van der Waals surface area contributed by atoms with Crippen LogP contribution in [0.5, 0.6) is 0 Å². The fraction of sp³-hybridized carbons (Fsp3) is 0.526. The van der Waals surface area contributed by atoms with Gasteiger partial charge in [0.2, 0.25) is 0 Å². The summed E-state index contributed by atoms with van der Waals surface area (Å²) in [5, 5.41) is 15.2. The van der Waals surface area contributed by atoms with E-state index in [0.717, 1.165) is 37.1 Å². The van der Waals surface area contributed by atoms with Gasteiger partial charge in [0.25, 0.3) is 0 Å². The number of benzene rings is 1.